The summed E-state index contributed by atoms with van der Waals surface area (Å²) in [5.41, 5.74) is 5.11. The van der Waals surface area contributed by atoms with E-state index >= 15 is 0 Å². The van der Waals surface area contributed by atoms with Gasteiger partial charge in [-0.05, 0) is 64.1 Å². The maximum Gasteiger partial charge on any atom is 0.0888 e. The van der Waals surface area contributed by atoms with Crippen LogP contribution in [0.5, 0.6) is 0 Å². The maximum atomic E-state index is 5.00. The first-order chi connectivity index (χ1) is 13.9. The third-order valence-electron chi connectivity index (χ3n) is 6.22. The molecular weight excluding hydrogens is 340 g/mol. The minimum absolute atomic E-state index is 0.346. The number of benzene rings is 3. The van der Waals surface area contributed by atoms with Crippen molar-refractivity contribution < 1.29 is 0 Å². The van der Waals surface area contributed by atoms with E-state index in [1.54, 1.807) is 0 Å². The molecule has 2 aromatic heterocycles. The minimum Gasteiger partial charge on any atom is -0.262 e. The number of fused-ring (bicyclic) bond motifs is 6. The number of hydrogen-bond acceptors (Lipinski definition) is 2. The molecule has 134 valence electrons. The Morgan fingerprint density at radius 2 is 1.64 bits per heavy atom. The largest absolute Gasteiger partial charge is 0.262 e. The van der Waals surface area contributed by atoms with E-state index in [-0.39, 0.29) is 0 Å². The molecule has 0 saturated carbocycles. The summed E-state index contributed by atoms with van der Waals surface area (Å²) in [6, 6.07) is 24.4. The van der Waals surface area contributed by atoms with E-state index in [0.717, 1.165) is 23.7 Å². The van der Waals surface area contributed by atoms with E-state index in [9.17, 15) is 0 Å². The van der Waals surface area contributed by atoms with E-state index in [1.807, 2.05) is 18.5 Å². The van der Waals surface area contributed by atoms with Gasteiger partial charge in [0.1, 0.15) is 0 Å². The highest BCUT2D eigenvalue weighted by atomic mass is 14.7. The summed E-state index contributed by atoms with van der Waals surface area (Å²) in [5.74, 6) is 0.346. The molecule has 2 heteroatoms. The lowest BCUT2D eigenvalue weighted by Gasteiger charge is -2.27. The normalized spacial score (nSPS) is 16.5. The Bertz CT molecular complexity index is 1350. The molecule has 0 amide bonds. The fourth-order valence-corrected chi connectivity index (χ4v) is 4.90. The average Bonchev–Trinajstić information content (AvgIpc) is 2.78. The molecule has 28 heavy (non-hydrogen) atoms. The number of hydrogen-bond donors (Lipinski definition) is 0. The van der Waals surface area contributed by atoms with Gasteiger partial charge in [-0.15, -0.1) is 0 Å². The molecule has 1 aliphatic carbocycles. The van der Waals surface area contributed by atoms with E-state index in [4.69, 9.17) is 4.98 Å². The van der Waals surface area contributed by atoms with Gasteiger partial charge in [-0.1, -0.05) is 54.6 Å². The lowest BCUT2D eigenvalue weighted by atomic mass is 9.77. The van der Waals surface area contributed by atoms with Crippen molar-refractivity contribution in [3.05, 3.63) is 95.9 Å². The first kappa shape index (κ1) is 15.8. The van der Waals surface area contributed by atoms with Gasteiger partial charge in [0.05, 0.1) is 11.7 Å². The lowest BCUT2D eigenvalue weighted by molar-refractivity contribution is 0.610. The van der Waals surface area contributed by atoms with E-state index in [0.29, 0.717) is 5.92 Å². The molecule has 0 bridgehead atoms. The molecule has 2 heterocycles. The lowest BCUT2D eigenvalue weighted by Crippen LogP contribution is -2.13. The van der Waals surface area contributed by atoms with Crippen LogP contribution in [0.4, 0.5) is 0 Å². The summed E-state index contributed by atoms with van der Waals surface area (Å²) in [4.78, 5) is 9.27. The van der Waals surface area contributed by atoms with Crippen molar-refractivity contribution >= 4 is 32.4 Å². The fourth-order valence-electron chi connectivity index (χ4n) is 4.90. The first-order valence-electron chi connectivity index (χ1n) is 10.0. The zero-order valence-corrected chi connectivity index (χ0v) is 15.6. The monoisotopic (exact) mass is 360 g/mol. The molecule has 0 fully saturated rings. The van der Waals surface area contributed by atoms with Crippen molar-refractivity contribution in [2.45, 2.75) is 25.2 Å². The molecule has 1 unspecified atom stereocenters. The van der Waals surface area contributed by atoms with Crippen molar-refractivity contribution in [3.63, 3.8) is 0 Å². The molecule has 6 rings (SSSR count). The maximum absolute atomic E-state index is 5.00. The zero-order chi connectivity index (χ0) is 18.5. The van der Waals surface area contributed by atoms with Crippen LogP contribution in [-0.4, -0.2) is 9.97 Å². The molecule has 0 saturated heterocycles. The fraction of sp³-hybridized carbons (Fsp3) is 0.154. The summed E-state index contributed by atoms with van der Waals surface area (Å²) in [7, 11) is 0. The predicted molar refractivity (Wildman–Crippen MR) is 116 cm³/mol. The number of nitrogens with zero attached hydrogens (tertiary/aromatic N) is 2. The Hall–Kier alpha value is -3.26. The summed E-state index contributed by atoms with van der Waals surface area (Å²) < 4.78 is 0. The van der Waals surface area contributed by atoms with Gasteiger partial charge in [0.2, 0.25) is 0 Å². The van der Waals surface area contributed by atoms with Crippen molar-refractivity contribution in [2.75, 3.05) is 0 Å². The van der Waals surface area contributed by atoms with Crippen molar-refractivity contribution in [2.24, 2.45) is 0 Å². The van der Waals surface area contributed by atoms with Crippen LogP contribution in [0.2, 0.25) is 0 Å². The molecule has 0 spiro atoms. The highest BCUT2D eigenvalue weighted by molar-refractivity contribution is 6.09. The molecule has 0 N–H and O–H groups in total. The second-order valence-corrected chi connectivity index (χ2v) is 7.77. The first-order valence-corrected chi connectivity index (χ1v) is 10.0. The standard InChI is InChI=1S/C26H20N2/c1-2-6-20-17(4-1)8-12-22-21(20)11-9-19-5-3-7-23(26(19)22)24-13-10-18-14-15-27-16-25(18)28-24/h1-2,4,6,8-16,23H,3,5,7H2. The van der Waals surface area contributed by atoms with Gasteiger partial charge >= 0.3 is 0 Å². The van der Waals surface area contributed by atoms with Crippen molar-refractivity contribution in [1.29, 1.82) is 0 Å². The summed E-state index contributed by atoms with van der Waals surface area (Å²) in [6.45, 7) is 0. The van der Waals surface area contributed by atoms with E-state index in [2.05, 4.69) is 65.6 Å². The molecule has 1 aliphatic rings. The molecule has 3 aromatic carbocycles. The third-order valence-corrected chi connectivity index (χ3v) is 6.22. The molecule has 5 aromatic rings. The van der Waals surface area contributed by atoms with Gasteiger partial charge in [-0.3, -0.25) is 9.97 Å². The van der Waals surface area contributed by atoms with Gasteiger partial charge in [-0.25, -0.2) is 0 Å². The Morgan fingerprint density at radius 1 is 0.750 bits per heavy atom. The van der Waals surface area contributed by atoms with Gasteiger partial charge in [0, 0.05) is 23.2 Å². The summed E-state index contributed by atoms with van der Waals surface area (Å²) in [5, 5.41) is 6.53. The third kappa shape index (κ3) is 2.34. The number of aromatic nitrogens is 2. The highest BCUT2D eigenvalue weighted by Gasteiger charge is 2.25. The van der Waals surface area contributed by atoms with E-state index in [1.165, 1.54) is 44.8 Å². The van der Waals surface area contributed by atoms with Crippen LogP contribution in [0.25, 0.3) is 32.4 Å². The summed E-state index contributed by atoms with van der Waals surface area (Å²) >= 11 is 0. The van der Waals surface area contributed by atoms with Crippen LogP contribution in [-0.2, 0) is 6.42 Å². The molecule has 1 atom stereocenters. The van der Waals surface area contributed by atoms with Gasteiger partial charge in [0.15, 0.2) is 0 Å². The quantitative estimate of drug-likeness (QED) is 0.323. The Kier molecular flexibility index (Phi) is 3.45. The van der Waals surface area contributed by atoms with Crippen LogP contribution >= 0.6 is 0 Å². The second-order valence-electron chi connectivity index (χ2n) is 7.77. The zero-order valence-electron chi connectivity index (χ0n) is 15.6. The smallest absolute Gasteiger partial charge is 0.0888 e. The number of rotatable bonds is 1. The van der Waals surface area contributed by atoms with Gasteiger partial charge in [-0.2, -0.15) is 0 Å². The van der Waals surface area contributed by atoms with Gasteiger partial charge in [0.25, 0.3) is 0 Å². The van der Waals surface area contributed by atoms with Crippen LogP contribution in [0.15, 0.2) is 79.1 Å². The van der Waals surface area contributed by atoms with Crippen LogP contribution in [0.3, 0.4) is 0 Å². The Balaban J connectivity index is 1.62. The minimum atomic E-state index is 0.346. The Labute approximate surface area is 163 Å². The van der Waals surface area contributed by atoms with Crippen LogP contribution in [0, 0.1) is 0 Å². The SMILES string of the molecule is c1ccc2c(c1)ccc1c3c(ccc12)CCCC3c1ccc2ccncc2n1. The summed E-state index contributed by atoms with van der Waals surface area (Å²) in [6.07, 6.45) is 7.22. The van der Waals surface area contributed by atoms with Crippen LogP contribution < -0.4 is 0 Å². The van der Waals surface area contributed by atoms with E-state index < -0.39 is 0 Å². The molecule has 2 nitrogen and oxygen atoms in total. The predicted octanol–water partition coefficient (Wildman–Crippen LogP) is 6.40. The van der Waals surface area contributed by atoms with Crippen molar-refractivity contribution in [1.82, 2.24) is 9.97 Å². The number of pyridine rings is 2. The molecule has 0 radical (unpaired) electrons. The topological polar surface area (TPSA) is 25.8 Å². The highest BCUT2D eigenvalue weighted by Crippen LogP contribution is 2.42. The molecular formula is C26H20N2. The average molecular weight is 360 g/mol. The Morgan fingerprint density at radius 3 is 2.64 bits per heavy atom. The van der Waals surface area contributed by atoms with Crippen LogP contribution in [0.1, 0.15) is 35.6 Å². The van der Waals surface area contributed by atoms with Crippen molar-refractivity contribution in [3.8, 4) is 0 Å². The molecule has 0 aliphatic heterocycles. The number of aryl methyl sites for hydroxylation is 1. The second kappa shape index (κ2) is 6.13. The van der Waals surface area contributed by atoms with Gasteiger partial charge < -0.3 is 0 Å².